The minimum atomic E-state index is -0.142. The van der Waals surface area contributed by atoms with Crippen LogP contribution in [-0.4, -0.2) is 10.4 Å². The lowest BCUT2D eigenvalue weighted by Gasteiger charge is -2.33. The Labute approximate surface area is 374 Å². The van der Waals surface area contributed by atoms with Crippen LogP contribution in [0.4, 0.5) is 0 Å². The average molecular weight is 819 g/mol. The zero-order valence-corrected chi connectivity index (χ0v) is 35.8. The number of amidine groups is 1. The van der Waals surface area contributed by atoms with Gasteiger partial charge >= 0.3 is 0 Å². The first-order valence-electron chi connectivity index (χ1n) is 22.2. The first-order chi connectivity index (χ1) is 31.5. The van der Waals surface area contributed by atoms with Crippen LogP contribution in [0.25, 0.3) is 83.0 Å². The summed E-state index contributed by atoms with van der Waals surface area (Å²) in [4.78, 5) is 5.17. The van der Waals surface area contributed by atoms with E-state index in [0.29, 0.717) is 0 Å². The topological polar surface area (TPSA) is 31.4 Å². The molecule has 1 unspecified atom stereocenters. The number of nitrogens with zero attached hydrogens (tertiary/aromatic N) is 3. The van der Waals surface area contributed by atoms with Crippen molar-refractivity contribution < 1.29 is 0 Å². The van der Waals surface area contributed by atoms with Gasteiger partial charge < -0.3 is 14.9 Å². The fourth-order valence-corrected chi connectivity index (χ4v) is 10.3. The predicted molar refractivity (Wildman–Crippen MR) is 268 cm³/mol. The van der Waals surface area contributed by atoms with Gasteiger partial charge in [-0.2, -0.15) is 0 Å². The lowest BCUT2D eigenvalue weighted by molar-refractivity contribution is 0.662. The maximum atomic E-state index is 5.23. The molecule has 2 aliphatic rings. The molecule has 1 aromatic heterocycles. The summed E-state index contributed by atoms with van der Waals surface area (Å²) < 4.78 is 2.38. The highest BCUT2D eigenvalue weighted by Gasteiger charge is 2.37. The van der Waals surface area contributed by atoms with E-state index in [1.54, 1.807) is 0 Å². The quantitative estimate of drug-likeness (QED) is 0.153. The number of aliphatic imine (C=N–C) groups is 1. The predicted octanol–water partition coefficient (Wildman–Crippen LogP) is 16.0. The molecule has 12 rings (SSSR count). The fraction of sp³-hybridized carbons (Fsp3) is 0.0656. The van der Waals surface area contributed by atoms with Gasteiger partial charge in [0.05, 0.1) is 11.0 Å². The van der Waals surface area contributed by atoms with Gasteiger partial charge in [0.1, 0.15) is 0 Å². The van der Waals surface area contributed by atoms with Crippen LogP contribution in [0.15, 0.2) is 229 Å². The standard InChI is InChI=1S/C61H44N3/c1-61(2)54-31-11-9-27-50(54)52-30-16-29-49(59(52)61)46-24-14-23-44(36-46)42-21-13-22-43(35-42)45-33-34-58-53(38-45)51-28-10-12-32-57(51)64(58)48-26-15-25-47(37-48)60-62-55(40-17-5-3-6-18-40)39-56(63-60)41-19-7-4-8-20-41/h3-39,55H,1-2H3/q-1. The van der Waals surface area contributed by atoms with E-state index in [2.05, 4.69) is 231 Å². The second kappa shape index (κ2) is 15.1. The zero-order chi connectivity index (χ0) is 42.8. The number of para-hydroxylation sites is 1. The van der Waals surface area contributed by atoms with Crippen LogP contribution in [0.5, 0.6) is 0 Å². The van der Waals surface area contributed by atoms with Crippen molar-refractivity contribution in [2.24, 2.45) is 4.99 Å². The molecule has 1 atom stereocenters. The Morgan fingerprint density at radius 2 is 1.02 bits per heavy atom. The van der Waals surface area contributed by atoms with Crippen LogP contribution in [0.2, 0.25) is 0 Å². The second-order valence-corrected chi connectivity index (χ2v) is 17.5. The van der Waals surface area contributed by atoms with Gasteiger partial charge in [0.15, 0.2) is 0 Å². The molecule has 0 saturated heterocycles. The van der Waals surface area contributed by atoms with Crippen LogP contribution in [-0.2, 0) is 5.41 Å². The van der Waals surface area contributed by atoms with E-state index in [0.717, 1.165) is 44.9 Å². The number of hydrogen-bond donors (Lipinski definition) is 0. The van der Waals surface area contributed by atoms with Crippen molar-refractivity contribution in [3.8, 4) is 50.2 Å². The molecule has 0 saturated carbocycles. The van der Waals surface area contributed by atoms with Gasteiger partial charge in [0.2, 0.25) is 0 Å². The molecule has 1 aliphatic carbocycles. The normalized spacial score (nSPS) is 15.0. The minimum Gasteiger partial charge on any atom is -0.454 e. The molecule has 0 bridgehead atoms. The van der Waals surface area contributed by atoms with E-state index in [-0.39, 0.29) is 11.5 Å². The summed E-state index contributed by atoms with van der Waals surface area (Å²) in [7, 11) is 0. The third kappa shape index (κ3) is 6.31. The van der Waals surface area contributed by atoms with E-state index in [9.17, 15) is 0 Å². The van der Waals surface area contributed by atoms with Crippen molar-refractivity contribution in [2.45, 2.75) is 25.3 Å². The second-order valence-electron chi connectivity index (χ2n) is 17.5. The molecule has 64 heavy (non-hydrogen) atoms. The summed E-state index contributed by atoms with van der Waals surface area (Å²) in [6, 6.07) is 78.8. The van der Waals surface area contributed by atoms with Crippen molar-refractivity contribution in [2.75, 3.05) is 0 Å². The molecule has 3 heteroatoms. The Bertz CT molecular complexity index is 3500. The number of benzene rings is 9. The van der Waals surface area contributed by atoms with Crippen LogP contribution in [0.1, 0.15) is 47.7 Å². The highest BCUT2D eigenvalue weighted by Crippen LogP contribution is 2.52. The molecule has 0 amide bonds. The first-order valence-corrected chi connectivity index (χ1v) is 22.2. The summed E-state index contributed by atoms with van der Waals surface area (Å²) in [6.07, 6.45) is 2.17. The molecular formula is C61H44N3-. The SMILES string of the molecule is CC1(C)c2ccccc2-c2cccc(-c3cccc(-c4cccc(-c5ccc6c(c5)c5ccccc5n6-c5cccc(C6=NC(c7ccccc7)=CC(c7ccccc7)[N-]6)c5)c4)c3)c21. The molecule has 3 nitrogen and oxygen atoms in total. The van der Waals surface area contributed by atoms with Gasteiger partial charge in [-0.3, -0.25) is 0 Å². The Morgan fingerprint density at radius 1 is 0.438 bits per heavy atom. The Balaban J connectivity index is 0.905. The van der Waals surface area contributed by atoms with Crippen molar-refractivity contribution in [1.29, 1.82) is 0 Å². The van der Waals surface area contributed by atoms with E-state index in [4.69, 9.17) is 10.3 Å². The zero-order valence-electron chi connectivity index (χ0n) is 35.8. The van der Waals surface area contributed by atoms with Crippen molar-refractivity contribution in [1.82, 2.24) is 4.57 Å². The van der Waals surface area contributed by atoms with Crippen LogP contribution < -0.4 is 0 Å². The summed E-state index contributed by atoms with van der Waals surface area (Å²) in [5.74, 6) is 0.729. The number of hydrogen-bond acceptors (Lipinski definition) is 1. The fourth-order valence-electron chi connectivity index (χ4n) is 10.3. The van der Waals surface area contributed by atoms with Crippen molar-refractivity contribution >= 4 is 33.3 Å². The van der Waals surface area contributed by atoms with Gasteiger partial charge in [-0.05, 0) is 120 Å². The molecule has 0 fully saturated rings. The smallest absolute Gasteiger partial charge is 0.0541 e. The number of aromatic nitrogens is 1. The Morgan fingerprint density at radius 3 is 1.83 bits per heavy atom. The van der Waals surface area contributed by atoms with Crippen molar-refractivity contribution in [3.63, 3.8) is 0 Å². The van der Waals surface area contributed by atoms with Crippen LogP contribution >= 0.6 is 0 Å². The molecule has 0 radical (unpaired) electrons. The molecule has 9 aromatic carbocycles. The molecule has 0 N–H and O–H groups in total. The molecule has 0 spiro atoms. The summed E-state index contributed by atoms with van der Waals surface area (Å²) in [5, 5.41) is 7.66. The van der Waals surface area contributed by atoms with Gasteiger partial charge in [-0.1, -0.05) is 202 Å². The monoisotopic (exact) mass is 818 g/mol. The summed E-state index contributed by atoms with van der Waals surface area (Å²) in [5.41, 5.74) is 20.2. The summed E-state index contributed by atoms with van der Waals surface area (Å²) >= 11 is 0. The maximum Gasteiger partial charge on any atom is 0.0541 e. The van der Waals surface area contributed by atoms with E-state index >= 15 is 0 Å². The van der Waals surface area contributed by atoms with Gasteiger partial charge in [0, 0.05) is 27.9 Å². The van der Waals surface area contributed by atoms with E-state index in [1.807, 2.05) is 12.1 Å². The first kappa shape index (κ1) is 37.7. The Kier molecular flexibility index (Phi) is 8.91. The van der Waals surface area contributed by atoms with Gasteiger partial charge in [-0.25, -0.2) is 0 Å². The van der Waals surface area contributed by atoms with E-state index < -0.39 is 0 Å². The Hall–Kier alpha value is -8.01. The van der Waals surface area contributed by atoms with Gasteiger partial charge in [-0.15, -0.1) is 0 Å². The molecule has 1 aliphatic heterocycles. The maximum absolute atomic E-state index is 5.23. The largest absolute Gasteiger partial charge is 0.454 e. The van der Waals surface area contributed by atoms with E-state index in [1.165, 1.54) is 66.4 Å². The third-order valence-corrected chi connectivity index (χ3v) is 13.3. The third-order valence-electron chi connectivity index (χ3n) is 13.3. The lowest BCUT2D eigenvalue weighted by Crippen LogP contribution is -2.16. The molecule has 10 aromatic rings. The number of rotatable bonds is 7. The molecular weight excluding hydrogens is 775 g/mol. The molecule has 304 valence electrons. The van der Waals surface area contributed by atoms with Crippen molar-refractivity contribution in [3.05, 3.63) is 258 Å². The van der Waals surface area contributed by atoms with Gasteiger partial charge in [0.25, 0.3) is 0 Å². The highest BCUT2D eigenvalue weighted by molar-refractivity contribution is 6.14. The summed E-state index contributed by atoms with van der Waals surface area (Å²) in [6.45, 7) is 4.73. The number of fused-ring (bicyclic) bond motifs is 6. The minimum absolute atomic E-state index is 0.0840. The van der Waals surface area contributed by atoms with Crippen LogP contribution in [0, 0.1) is 0 Å². The lowest BCUT2D eigenvalue weighted by atomic mass is 9.78. The molecule has 2 heterocycles. The highest BCUT2D eigenvalue weighted by atomic mass is 15.1. The average Bonchev–Trinajstić information content (AvgIpc) is 3.82. The van der Waals surface area contributed by atoms with Crippen LogP contribution in [0.3, 0.4) is 0 Å².